The molecule has 98 valence electrons. The van der Waals surface area contributed by atoms with E-state index in [0.717, 1.165) is 0 Å². The Morgan fingerprint density at radius 2 is 1.82 bits per heavy atom. The summed E-state index contributed by atoms with van der Waals surface area (Å²) in [7, 11) is 0. The van der Waals surface area contributed by atoms with Crippen LogP contribution in [0.3, 0.4) is 0 Å². The van der Waals surface area contributed by atoms with Crippen LogP contribution in [0.5, 0.6) is 0 Å². The zero-order chi connectivity index (χ0) is 12.7. The standard InChI is InChI=1S/C12H21NO4/c1-9-15-7-12(8-16-9)5-13(6-12)10(14)17-11(2,3)4/h9H,5-8H2,1-4H3. The third-order valence-corrected chi connectivity index (χ3v) is 2.95. The molecule has 0 aromatic carbocycles. The van der Waals surface area contributed by atoms with Gasteiger partial charge in [-0.25, -0.2) is 4.79 Å². The van der Waals surface area contributed by atoms with E-state index in [9.17, 15) is 4.79 Å². The highest BCUT2D eigenvalue weighted by atomic mass is 16.7. The highest BCUT2D eigenvalue weighted by Gasteiger charge is 2.49. The molecule has 0 aromatic rings. The van der Waals surface area contributed by atoms with E-state index in [1.165, 1.54) is 0 Å². The van der Waals surface area contributed by atoms with Crippen molar-refractivity contribution in [3.05, 3.63) is 0 Å². The average molecular weight is 243 g/mol. The number of rotatable bonds is 0. The number of nitrogens with zero attached hydrogens (tertiary/aromatic N) is 1. The zero-order valence-electron chi connectivity index (χ0n) is 11.0. The summed E-state index contributed by atoms with van der Waals surface area (Å²) in [6.45, 7) is 10.1. The van der Waals surface area contributed by atoms with Crippen LogP contribution in [0.2, 0.25) is 0 Å². The highest BCUT2D eigenvalue weighted by Crippen LogP contribution is 2.35. The minimum Gasteiger partial charge on any atom is -0.444 e. The Morgan fingerprint density at radius 1 is 1.29 bits per heavy atom. The number of carbonyl (C=O) groups excluding carboxylic acids is 1. The number of amides is 1. The number of ether oxygens (including phenoxy) is 3. The Hall–Kier alpha value is -0.810. The first kappa shape index (κ1) is 12.6. The Bertz CT molecular complexity index is 294. The quantitative estimate of drug-likeness (QED) is 0.648. The molecule has 0 bridgehead atoms. The molecule has 0 aliphatic carbocycles. The Labute approximate surface area is 102 Å². The summed E-state index contributed by atoms with van der Waals surface area (Å²) in [5.41, 5.74) is -0.447. The summed E-state index contributed by atoms with van der Waals surface area (Å²) >= 11 is 0. The fraction of sp³-hybridized carbons (Fsp3) is 0.917. The Kier molecular flexibility index (Phi) is 3.08. The van der Waals surface area contributed by atoms with E-state index >= 15 is 0 Å². The van der Waals surface area contributed by atoms with Crippen LogP contribution < -0.4 is 0 Å². The molecule has 1 amide bonds. The summed E-state index contributed by atoms with van der Waals surface area (Å²) < 4.78 is 16.2. The van der Waals surface area contributed by atoms with Gasteiger partial charge in [-0.05, 0) is 27.7 Å². The molecule has 0 N–H and O–H groups in total. The molecule has 2 fully saturated rings. The molecule has 2 rings (SSSR count). The first-order valence-electron chi connectivity index (χ1n) is 6.01. The van der Waals surface area contributed by atoms with Crippen molar-refractivity contribution in [1.82, 2.24) is 4.90 Å². The summed E-state index contributed by atoms with van der Waals surface area (Å²) in [6.07, 6.45) is -0.377. The van der Waals surface area contributed by atoms with Crippen LogP contribution in [0.4, 0.5) is 4.79 Å². The second-order valence-electron chi connectivity index (χ2n) is 6.03. The van der Waals surface area contributed by atoms with Gasteiger partial charge in [-0.2, -0.15) is 0 Å². The van der Waals surface area contributed by atoms with E-state index in [4.69, 9.17) is 14.2 Å². The molecular formula is C12H21NO4. The largest absolute Gasteiger partial charge is 0.444 e. The van der Waals surface area contributed by atoms with Gasteiger partial charge < -0.3 is 19.1 Å². The summed E-state index contributed by atoms with van der Waals surface area (Å²) in [5, 5.41) is 0. The van der Waals surface area contributed by atoms with Crippen molar-refractivity contribution in [2.45, 2.75) is 39.6 Å². The normalized spacial score (nSPS) is 24.6. The minimum absolute atomic E-state index is 0.0105. The summed E-state index contributed by atoms with van der Waals surface area (Å²) in [4.78, 5) is 13.5. The van der Waals surface area contributed by atoms with Crippen molar-refractivity contribution in [2.24, 2.45) is 5.41 Å². The lowest BCUT2D eigenvalue weighted by Crippen LogP contribution is -2.65. The van der Waals surface area contributed by atoms with E-state index in [1.54, 1.807) is 4.90 Å². The van der Waals surface area contributed by atoms with Crippen LogP contribution in [0.25, 0.3) is 0 Å². The number of hydrogen-bond donors (Lipinski definition) is 0. The molecule has 0 aromatic heterocycles. The molecule has 0 saturated carbocycles. The third-order valence-electron chi connectivity index (χ3n) is 2.95. The molecule has 2 aliphatic rings. The third kappa shape index (κ3) is 2.90. The van der Waals surface area contributed by atoms with Gasteiger partial charge in [-0.15, -0.1) is 0 Å². The lowest BCUT2D eigenvalue weighted by molar-refractivity contribution is -0.246. The van der Waals surface area contributed by atoms with Gasteiger partial charge >= 0.3 is 6.09 Å². The Morgan fingerprint density at radius 3 is 2.29 bits per heavy atom. The van der Waals surface area contributed by atoms with Gasteiger partial charge in [-0.3, -0.25) is 0 Å². The lowest BCUT2D eigenvalue weighted by Gasteiger charge is -2.51. The van der Waals surface area contributed by atoms with E-state index in [0.29, 0.717) is 26.3 Å². The van der Waals surface area contributed by atoms with Crippen LogP contribution in [0.1, 0.15) is 27.7 Å². The van der Waals surface area contributed by atoms with Crippen LogP contribution in [0.15, 0.2) is 0 Å². The van der Waals surface area contributed by atoms with E-state index in [-0.39, 0.29) is 17.8 Å². The first-order valence-corrected chi connectivity index (χ1v) is 6.01. The van der Waals surface area contributed by atoms with Gasteiger partial charge in [0, 0.05) is 13.1 Å². The average Bonchev–Trinajstić information content (AvgIpc) is 2.13. The smallest absolute Gasteiger partial charge is 0.410 e. The summed E-state index contributed by atoms with van der Waals surface area (Å²) in [5.74, 6) is 0. The topological polar surface area (TPSA) is 48.0 Å². The van der Waals surface area contributed by atoms with Gasteiger partial charge in [0.15, 0.2) is 6.29 Å². The highest BCUT2D eigenvalue weighted by molar-refractivity contribution is 5.69. The van der Waals surface area contributed by atoms with Gasteiger partial charge in [0.2, 0.25) is 0 Å². The predicted molar refractivity (Wildman–Crippen MR) is 61.6 cm³/mol. The molecule has 0 atom stereocenters. The predicted octanol–water partition coefficient (Wildman–Crippen LogP) is 1.62. The molecule has 2 aliphatic heterocycles. The van der Waals surface area contributed by atoms with Crippen molar-refractivity contribution in [1.29, 1.82) is 0 Å². The van der Waals surface area contributed by atoms with Gasteiger partial charge in [0.05, 0.1) is 18.6 Å². The molecule has 2 heterocycles. The Balaban J connectivity index is 1.80. The first-order chi connectivity index (χ1) is 7.80. The van der Waals surface area contributed by atoms with Crippen molar-refractivity contribution in [3.63, 3.8) is 0 Å². The maximum absolute atomic E-state index is 11.8. The maximum atomic E-state index is 11.8. The maximum Gasteiger partial charge on any atom is 0.410 e. The molecular weight excluding hydrogens is 222 g/mol. The summed E-state index contributed by atoms with van der Waals surface area (Å²) in [6, 6.07) is 0. The molecule has 2 saturated heterocycles. The lowest BCUT2D eigenvalue weighted by atomic mass is 9.81. The van der Waals surface area contributed by atoms with Crippen molar-refractivity contribution in [2.75, 3.05) is 26.3 Å². The van der Waals surface area contributed by atoms with Crippen LogP contribution >= 0.6 is 0 Å². The fourth-order valence-corrected chi connectivity index (χ4v) is 2.08. The van der Waals surface area contributed by atoms with E-state index in [2.05, 4.69) is 0 Å². The van der Waals surface area contributed by atoms with Crippen molar-refractivity contribution < 1.29 is 19.0 Å². The van der Waals surface area contributed by atoms with Crippen LogP contribution in [-0.2, 0) is 14.2 Å². The van der Waals surface area contributed by atoms with E-state index in [1.807, 2.05) is 27.7 Å². The van der Waals surface area contributed by atoms with Gasteiger partial charge in [0.25, 0.3) is 0 Å². The molecule has 5 heteroatoms. The van der Waals surface area contributed by atoms with Crippen molar-refractivity contribution >= 4 is 6.09 Å². The zero-order valence-corrected chi connectivity index (χ0v) is 11.0. The van der Waals surface area contributed by atoms with Crippen molar-refractivity contribution in [3.8, 4) is 0 Å². The second-order valence-corrected chi connectivity index (χ2v) is 6.03. The second kappa shape index (κ2) is 4.14. The molecule has 1 spiro atoms. The van der Waals surface area contributed by atoms with Gasteiger partial charge in [0.1, 0.15) is 5.60 Å². The number of hydrogen-bond acceptors (Lipinski definition) is 4. The molecule has 0 radical (unpaired) electrons. The van der Waals surface area contributed by atoms with E-state index < -0.39 is 5.60 Å². The van der Waals surface area contributed by atoms with Crippen LogP contribution in [0, 0.1) is 5.41 Å². The number of carbonyl (C=O) groups is 1. The van der Waals surface area contributed by atoms with Crippen LogP contribution in [-0.4, -0.2) is 49.2 Å². The molecule has 0 unspecified atom stereocenters. The molecule has 5 nitrogen and oxygen atoms in total. The fourth-order valence-electron chi connectivity index (χ4n) is 2.08. The SMILES string of the molecule is CC1OCC2(CO1)CN(C(=O)OC(C)(C)C)C2. The molecule has 17 heavy (non-hydrogen) atoms. The monoisotopic (exact) mass is 243 g/mol. The number of likely N-dealkylation sites (tertiary alicyclic amines) is 1. The minimum atomic E-state index is -0.437. The van der Waals surface area contributed by atoms with Gasteiger partial charge in [-0.1, -0.05) is 0 Å².